The average Bonchev–Trinajstić information content (AvgIpc) is 2.83. The van der Waals surface area contributed by atoms with E-state index >= 15 is 0 Å². The van der Waals surface area contributed by atoms with E-state index in [0.717, 1.165) is 15.2 Å². The van der Waals surface area contributed by atoms with Crippen LogP contribution in [-0.4, -0.2) is 4.98 Å². The molecule has 5 heteroatoms. The Bertz CT molecular complexity index is 907. The van der Waals surface area contributed by atoms with Crippen LogP contribution in [0.15, 0.2) is 30.3 Å². The molecule has 4 rings (SSSR count). The fourth-order valence-electron chi connectivity index (χ4n) is 2.14. The zero-order valence-electron chi connectivity index (χ0n) is 8.91. The SMILES string of the molecule is Clc1ccc2c(c1)sc1cc3sc(Cl)nc3cc12. The molecule has 0 radical (unpaired) electrons. The molecule has 0 atom stereocenters. The van der Waals surface area contributed by atoms with Gasteiger partial charge in [0.2, 0.25) is 0 Å². The second-order valence-corrected chi connectivity index (χ2v) is 7.16. The minimum atomic E-state index is 0.593. The van der Waals surface area contributed by atoms with Crippen LogP contribution in [0, 0.1) is 0 Å². The monoisotopic (exact) mass is 309 g/mol. The molecule has 2 aromatic heterocycles. The van der Waals surface area contributed by atoms with Crippen LogP contribution < -0.4 is 0 Å². The third-order valence-corrected chi connectivity index (χ3v) is 5.39. The highest BCUT2D eigenvalue weighted by Crippen LogP contribution is 2.39. The van der Waals surface area contributed by atoms with Crippen molar-refractivity contribution in [2.75, 3.05) is 0 Å². The smallest absolute Gasteiger partial charge is 0.184 e. The highest BCUT2D eigenvalue weighted by molar-refractivity contribution is 7.26. The van der Waals surface area contributed by atoms with Crippen molar-refractivity contribution >= 4 is 76.3 Å². The molecule has 88 valence electrons. The van der Waals surface area contributed by atoms with Gasteiger partial charge in [-0.05, 0) is 24.3 Å². The van der Waals surface area contributed by atoms with Crippen molar-refractivity contribution in [2.24, 2.45) is 0 Å². The number of hydrogen-bond acceptors (Lipinski definition) is 3. The molecule has 0 amide bonds. The first-order valence-corrected chi connectivity index (χ1v) is 7.67. The molecular weight excluding hydrogens is 305 g/mol. The topological polar surface area (TPSA) is 12.9 Å². The molecule has 0 bridgehead atoms. The van der Waals surface area contributed by atoms with Gasteiger partial charge in [0, 0.05) is 25.2 Å². The standard InChI is InChI=1S/C13H5Cl2NS2/c14-6-1-2-7-8-4-9-12(18-13(15)16-9)5-11(8)17-10(7)3-6/h1-5H. The Kier molecular flexibility index (Phi) is 2.33. The number of fused-ring (bicyclic) bond motifs is 4. The summed E-state index contributed by atoms with van der Waals surface area (Å²) in [5.41, 5.74) is 0.965. The van der Waals surface area contributed by atoms with Crippen LogP contribution in [0.4, 0.5) is 0 Å². The first-order chi connectivity index (χ1) is 8.70. The summed E-state index contributed by atoms with van der Waals surface area (Å²) in [5.74, 6) is 0. The number of benzene rings is 2. The molecular formula is C13H5Cl2NS2. The van der Waals surface area contributed by atoms with Crippen LogP contribution in [0.2, 0.25) is 9.49 Å². The van der Waals surface area contributed by atoms with E-state index in [1.54, 1.807) is 11.3 Å². The molecule has 0 N–H and O–H groups in total. The van der Waals surface area contributed by atoms with Gasteiger partial charge in [0.25, 0.3) is 0 Å². The molecule has 0 saturated carbocycles. The van der Waals surface area contributed by atoms with Crippen molar-refractivity contribution in [3.05, 3.63) is 39.8 Å². The number of thiazole rings is 1. The maximum absolute atomic E-state index is 6.03. The van der Waals surface area contributed by atoms with E-state index < -0.39 is 0 Å². The van der Waals surface area contributed by atoms with Crippen LogP contribution in [-0.2, 0) is 0 Å². The van der Waals surface area contributed by atoms with Crippen LogP contribution in [0.25, 0.3) is 30.4 Å². The highest BCUT2D eigenvalue weighted by Gasteiger charge is 2.09. The Labute approximate surface area is 121 Å². The molecule has 0 fully saturated rings. The first-order valence-electron chi connectivity index (χ1n) is 5.28. The fraction of sp³-hybridized carbons (Fsp3) is 0. The molecule has 4 aromatic rings. The van der Waals surface area contributed by atoms with Gasteiger partial charge in [0.15, 0.2) is 4.47 Å². The largest absolute Gasteiger partial charge is 0.225 e. The number of hydrogen-bond donors (Lipinski definition) is 0. The van der Waals surface area contributed by atoms with E-state index in [9.17, 15) is 0 Å². The zero-order valence-corrected chi connectivity index (χ0v) is 12.1. The highest BCUT2D eigenvalue weighted by atomic mass is 35.5. The van der Waals surface area contributed by atoms with Gasteiger partial charge in [-0.1, -0.05) is 29.3 Å². The van der Waals surface area contributed by atoms with E-state index in [0.29, 0.717) is 4.47 Å². The third-order valence-electron chi connectivity index (χ3n) is 2.92. The van der Waals surface area contributed by atoms with Crippen molar-refractivity contribution in [3.63, 3.8) is 0 Å². The predicted molar refractivity (Wildman–Crippen MR) is 82.5 cm³/mol. The van der Waals surface area contributed by atoms with Crippen molar-refractivity contribution in [1.29, 1.82) is 0 Å². The Morgan fingerprint density at radius 2 is 1.67 bits per heavy atom. The summed E-state index contributed by atoms with van der Waals surface area (Å²) in [7, 11) is 0. The lowest BCUT2D eigenvalue weighted by Gasteiger charge is -1.92. The van der Waals surface area contributed by atoms with E-state index in [2.05, 4.69) is 23.2 Å². The first kappa shape index (κ1) is 11.0. The van der Waals surface area contributed by atoms with Gasteiger partial charge in [0.1, 0.15) is 0 Å². The Hall–Kier alpha value is -0.870. The van der Waals surface area contributed by atoms with Gasteiger partial charge >= 0.3 is 0 Å². The summed E-state index contributed by atoms with van der Waals surface area (Å²) in [6.45, 7) is 0. The van der Waals surface area contributed by atoms with Crippen LogP contribution in [0.5, 0.6) is 0 Å². The summed E-state index contributed by atoms with van der Waals surface area (Å²) in [6, 6.07) is 10.3. The average molecular weight is 310 g/mol. The van der Waals surface area contributed by atoms with Gasteiger partial charge in [-0.25, -0.2) is 4.98 Å². The van der Waals surface area contributed by atoms with E-state index in [4.69, 9.17) is 23.2 Å². The van der Waals surface area contributed by atoms with E-state index in [-0.39, 0.29) is 0 Å². The molecule has 0 saturated heterocycles. The van der Waals surface area contributed by atoms with Crippen molar-refractivity contribution in [1.82, 2.24) is 4.98 Å². The quantitative estimate of drug-likeness (QED) is 0.390. The second-order valence-electron chi connectivity index (χ2n) is 4.03. The zero-order chi connectivity index (χ0) is 12.3. The molecule has 18 heavy (non-hydrogen) atoms. The molecule has 2 aromatic carbocycles. The molecule has 0 aliphatic carbocycles. The molecule has 1 nitrogen and oxygen atoms in total. The minimum absolute atomic E-state index is 0.593. The molecule has 0 spiro atoms. The number of halogens is 2. The van der Waals surface area contributed by atoms with E-state index in [1.807, 2.05) is 12.1 Å². The lowest BCUT2D eigenvalue weighted by molar-refractivity contribution is 1.51. The minimum Gasteiger partial charge on any atom is -0.225 e. The summed E-state index contributed by atoms with van der Waals surface area (Å²) >= 11 is 15.2. The van der Waals surface area contributed by atoms with Crippen LogP contribution in [0.3, 0.4) is 0 Å². The van der Waals surface area contributed by atoms with Crippen molar-refractivity contribution < 1.29 is 0 Å². The Morgan fingerprint density at radius 1 is 0.833 bits per heavy atom. The predicted octanol–water partition coefficient (Wildman–Crippen LogP) is 5.97. The number of rotatable bonds is 0. The lowest BCUT2D eigenvalue weighted by Crippen LogP contribution is -1.69. The van der Waals surface area contributed by atoms with Gasteiger partial charge in [0.05, 0.1) is 10.2 Å². The third kappa shape index (κ3) is 1.55. The number of thiophene rings is 1. The number of aromatic nitrogens is 1. The molecule has 0 unspecified atom stereocenters. The summed E-state index contributed by atoms with van der Waals surface area (Å²) < 4.78 is 4.18. The van der Waals surface area contributed by atoms with Crippen molar-refractivity contribution in [3.8, 4) is 0 Å². The van der Waals surface area contributed by atoms with Gasteiger partial charge in [-0.15, -0.1) is 22.7 Å². The summed E-state index contributed by atoms with van der Waals surface area (Å²) in [4.78, 5) is 4.33. The second kappa shape index (κ2) is 3.81. The molecule has 0 aliphatic heterocycles. The number of nitrogens with zero attached hydrogens (tertiary/aromatic N) is 1. The van der Waals surface area contributed by atoms with E-state index in [1.165, 1.54) is 31.5 Å². The molecule has 2 heterocycles. The van der Waals surface area contributed by atoms with Crippen LogP contribution in [0.1, 0.15) is 0 Å². The van der Waals surface area contributed by atoms with Gasteiger partial charge in [-0.2, -0.15) is 0 Å². The summed E-state index contributed by atoms with van der Waals surface area (Å²) in [5, 5.41) is 3.23. The van der Waals surface area contributed by atoms with Crippen LogP contribution >= 0.6 is 45.9 Å². The summed E-state index contributed by atoms with van der Waals surface area (Å²) in [6.07, 6.45) is 0. The lowest BCUT2D eigenvalue weighted by atomic mass is 10.1. The maximum Gasteiger partial charge on any atom is 0.184 e. The fourth-order valence-corrected chi connectivity index (χ4v) is 4.67. The molecule has 0 aliphatic rings. The van der Waals surface area contributed by atoms with Gasteiger partial charge in [-0.3, -0.25) is 0 Å². The van der Waals surface area contributed by atoms with Crippen molar-refractivity contribution in [2.45, 2.75) is 0 Å². The maximum atomic E-state index is 6.03. The van der Waals surface area contributed by atoms with Gasteiger partial charge < -0.3 is 0 Å². The normalized spacial score (nSPS) is 11.9. The Morgan fingerprint density at radius 3 is 2.56 bits per heavy atom. The Balaban J connectivity index is 2.21.